The van der Waals surface area contributed by atoms with E-state index in [9.17, 15) is 4.79 Å². The van der Waals surface area contributed by atoms with E-state index in [1.165, 1.54) is 25.7 Å². The molecule has 3 rings (SSSR count). The second kappa shape index (κ2) is 4.68. The van der Waals surface area contributed by atoms with Crippen molar-refractivity contribution in [2.24, 2.45) is 0 Å². The van der Waals surface area contributed by atoms with Crippen LogP contribution in [-0.2, 0) is 11.2 Å². The van der Waals surface area contributed by atoms with Crippen molar-refractivity contribution < 1.29 is 9.90 Å². The van der Waals surface area contributed by atoms with Gasteiger partial charge in [0.25, 0.3) is 0 Å². The lowest BCUT2D eigenvalue weighted by atomic mass is 10.1. The fourth-order valence-electron chi connectivity index (χ4n) is 2.66. The van der Waals surface area contributed by atoms with Crippen LogP contribution in [0.25, 0.3) is 4.96 Å². The Labute approximate surface area is 108 Å². The van der Waals surface area contributed by atoms with E-state index < -0.39 is 5.97 Å². The first-order valence-corrected chi connectivity index (χ1v) is 7.17. The molecular formula is C12H15N3O2S. The van der Waals surface area contributed by atoms with Crippen LogP contribution < -0.4 is 0 Å². The Morgan fingerprint density at radius 2 is 2.22 bits per heavy atom. The highest BCUT2D eigenvalue weighted by atomic mass is 32.1. The number of nitrogens with zero attached hydrogens (tertiary/aromatic N) is 3. The normalized spacial score (nSPS) is 16.7. The summed E-state index contributed by atoms with van der Waals surface area (Å²) in [5.74, 6) is 0.771. The van der Waals surface area contributed by atoms with Crippen LogP contribution in [0.2, 0.25) is 0 Å². The molecule has 1 aliphatic rings. The summed E-state index contributed by atoms with van der Waals surface area (Å²) in [5.41, 5.74) is 1.03. The molecule has 0 unspecified atom stereocenters. The quantitative estimate of drug-likeness (QED) is 0.922. The Bertz CT molecular complexity index is 569. The smallest absolute Gasteiger partial charge is 0.303 e. The van der Waals surface area contributed by atoms with E-state index in [0.29, 0.717) is 12.3 Å². The van der Waals surface area contributed by atoms with Gasteiger partial charge in [0.2, 0.25) is 4.96 Å². The number of aliphatic carboxylic acids is 1. The van der Waals surface area contributed by atoms with E-state index in [-0.39, 0.29) is 6.42 Å². The maximum Gasteiger partial charge on any atom is 0.303 e. The molecule has 0 atom stereocenters. The average Bonchev–Trinajstić information content (AvgIpc) is 3.03. The molecule has 5 nitrogen and oxygen atoms in total. The molecule has 0 aromatic carbocycles. The van der Waals surface area contributed by atoms with Crippen molar-refractivity contribution in [2.45, 2.75) is 44.4 Å². The Morgan fingerprint density at radius 1 is 1.44 bits per heavy atom. The third-order valence-corrected chi connectivity index (χ3v) is 4.43. The van der Waals surface area contributed by atoms with Crippen LogP contribution in [0, 0.1) is 0 Å². The molecule has 1 fully saturated rings. The van der Waals surface area contributed by atoms with Gasteiger partial charge in [-0.1, -0.05) is 12.8 Å². The number of aromatic nitrogens is 3. The van der Waals surface area contributed by atoms with Gasteiger partial charge in [0.05, 0.1) is 6.42 Å². The SMILES string of the molecule is O=C(O)CCc1csc2nnc(C3CCCC3)n12. The van der Waals surface area contributed by atoms with Gasteiger partial charge in [-0.2, -0.15) is 0 Å². The highest BCUT2D eigenvalue weighted by molar-refractivity contribution is 7.15. The molecule has 2 aromatic heterocycles. The molecule has 1 aliphatic carbocycles. The first-order chi connectivity index (χ1) is 8.75. The Morgan fingerprint density at radius 3 is 2.94 bits per heavy atom. The van der Waals surface area contributed by atoms with Crippen LogP contribution in [0.4, 0.5) is 0 Å². The molecule has 1 saturated carbocycles. The lowest BCUT2D eigenvalue weighted by Gasteiger charge is -2.07. The summed E-state index contributed by atoms with van der Waals surface area (Å²) in [7, 11) is 0. The summed E-state index contributed by atoms with van der Waals surface area (Å²) in [5, 5.41) is 19.3. The number of thiazole rings is 1. The Hall–Kier alpha value is -1.43. The van der Waals surface area contributed by atoms with Gasteiger partial charge in [-0.05, 0) is 19.3 Å². The third-order valence-electron chi connectivity index (χ3n) is 3.56. The summed E-state index contributed by atoms with van der Waals surface area (Å²) in [6, 6.07) is 0. The fourth-order valence-corrected chi connectivity index (χ4v) is 3.52. The maximum absolute atomic E-state index is 10.7. The van der Waals surface area contributed by atoms with Gasteiger partial charge in [0.1, 0.15) is 5.82 Å². The van der Waals surface area contributed by atoms with Crippen molar-refractivity contribution in [1.82, 2.24) is 14.6 Å². The lowest BCUT2D eigenvalue weighted by Crippen LogP contribution is -2.05. The van der Waals surface area contributed by atoms with E-state index in [1.807, 2.05) is 5.38 Å². The van der Waals surface area contributed by atoms with E-state index in [4.69, 9.17) is 5.11 Å². The van der Waals surface area contributed by atoms with E-state index in [1.54, 1.807) is 11.3 Å². The minimum absolute atomic E-state index is 0.161. The number of carbonyl (C=O) groups is 1. The monoisotopic (exact) mass is 265 g/mol. The first kappa shape index (κ1) is 11.6. The summed E-state index contributed by atoms with van der Waals surface area (Å²) >= 11 is 1.54. The van der Waals surface area contributed by atoms with Crippen molar-refractivity contribution in [3.63, 3.8) is 0 Å². The number of fused-ring (bicyclic) bond motifs is 1. The number of hydrogen-bond donors (Lipinski definition) is 1. The molecule has 0 spiro atoms. The Balaban J connectivity index is 1.94. The zero-order valence-corrected chi connectivity index (χ0v) is 10.8. The van der Waals surface area contributed by atoms with Crippen LogP contribution in [0.1, 0.15) is 49.5 Å². The van der Waals surface area contributed by atoms with Crippen LogP contribution in [0.3, 0.4) is 0 Å². The molecule has 2 heterocycles. The molecule has 1 N–H and O–H groups in total. The fraction of sp³-hybridized carbons (Fsp3) is 0.583. The van der Waals surface area contributed by atoms with Gasteiger partial charge in [0, 0.05) is 17.0 Å². The maximum atomic E-state index is 10.7. The molecule has 6 heteroatoms. The largest absolute Gasteiger partial charge is 0.481 e. The zero-order chi connectivity index (χ0) is 12.5. The minimum Gasteiger partial charge on any atom is -0.481 e. The second-order valence-electron chi connectivity index (χ2n) is 4.78. The summed E-state index contributed by atoms with van der Waals surface area (Å²) in [6.45, 7) is 0. The lowest BCUT2D eigenvalue weighted by molar-refractivity contribution is -0.136. The summed E-state index contributed by atoms with van der Waals surface area (Å²) in [6.07, 6.45) is 5.58. The summed E-state index contributed by atoms with van der Waals surface area (Å²) < 4.78 is 2.07. The molecule has 0 radical (unpaired) electrons. The molecule has 96 valence electrons. The number of carboxylic acid groups (broad SMARTS) is 1. The number of carboxylic acids is 1. The van der Waals surface area contributed by atoms with Crippen LogP contribution in [-0.4, -0.2) is 25.7 Å². The second-order valence-corrected chi connectivity index (χ2v) is 5.61. The minimum atomic E-state index is -0.759. The highest BCUT2D eigenvalue weighted by Crippen LogP contribution is 2.34. The van der Waals surface area contributed by atoms with Gasteiger partial charge in [-0.3, -0.25) is 9.20 Å². The number of aryl methyl sites for hydroxylation is 1. The third kappa shape index (κ3) is 2.01. The van der Waals surface area contributed by atoms with E-state index >= 15 is 0 Å². The van der Waals surface area contributed by atoms with Gasteiger partial charge in [-0.25, -0.2) is 0 Å². The molecule has 18 heavy (non-hydrogen) atoms. The molecule has 0 amide bonds. The average molecular weight is 265 g/mol. The van der Waals surface area contributed by atoms with Gasteiger partial charge < -0.3 is 5.11 Å². The predicted octanol–water partition coefficient (Wildman–Crippen LogP) is 2.47. The Kier molecular flexibility index (Phi) is 3.03. The van der Waals surface area contributed by atoms with Crippen LogP contribution >= 0.6 is 11.3 Å². The summed E-state index contributed by atoms with van der Waals surface area (Å²) in [4.78, 5) is 11.6. The van der Waals surface area contributed by atoms with Crippen molar-refractivity contribution in [3.8, 4) is 0 Å². The first-order valence-electron chi connectivity index (χ1n) is 6.29. The predicted molar refractivity (Wildman–Crippen MR) is 68.0 cm³/mol. The van der Waals surface area contributed by atoms with Crippen molar-refractivity contribution in [2.75, 3.05) is 0 Å². The van der Waals surface area contributed by atoms with Crippen molar-refractivity contribution in [1.29, 1.82) is 0 Å². The van der Waals surface area contributed by atoms with Gasteiger partial charge in [0.15, 0.2) is 0 Å². The van der Waals surface area contributed by atoms with Crippen molar-refractivity contribution in [3.05, 3.63) is 16.9 Å². The molecule has 2 aromatic rings. The van der Waals surface area contributed by atoms with E-state index in [2.05, 4.69) is 14.6 Å². The van der Waals surface area contributed by atoms with Crippen molar-refractivity contribution >= 4 is 22.3 Å². The van der Waals surface area contributed by atoms with Gasteiger partial charge in [-0.15, -0.1) is 21.5 Å². The molecule has 0 aliphatic heterocycles. The van der Waals surface area contributed by atoms with Gasteiger partial charge >= 0.3 is 5.97 Å². The van der Waals surface area contributed by atoms with Crippen LogP contribution in [0.5, 0.6) is 0 Å². The molecular weight excluding hydrogens is 250 g/mol. The van der Waals surface area contributed by atoms with Crippen LogP contribution in [0.15, 0.2) is 5.38 Å². The standard InChI is InChI=1S/C12H15N3O2S/c16-10(17)6-5-9-7-18-12-14-13-11(15(9)12)8-3-1-2-4-8/h7-8H,1-6H2,(H,16,17). The number of hydrogen-bond acceptors (Lipinski definition) is 4. The van der Waals surface area contributed by atoms with E-state index in [0.717, 1.165) is 16.5 Å². The molecule has 0 bridgehead atoms. The number of rotatable bonds is 4. The topological polar surface area (TPSA) is 67.5 Å². The zero-order valence-electron chi connectivity index (χ0n) is 10.0. The highest BCUT2D eigenvalue weighted by Gasteiger charge is 2.24. The molecule has 0 saturated heterocycles.